The Morgan fingerprint density at radius 2 is 0.922 bits per heavy atom. The van der Waals surface area contributed by atoms with Crippen molar-refractivity contribution in [2.45, 2.75) is 237 Å². The lowest BCUT2D eigenvalue weighted by Gasteiger charge is -2.62. The van der Waals surface area contributed by atoms with Crippen LogP contribution in [0, 0.1) is 104 Å². The molecular formula is C63H98O14. The van der Waals surface area contributed by atoms with Crippen LogP contribution < -0.4 is 0 Å². The minimum atomic E-state index is -1.58. The van der Waals surface area contributed by atoms with E-state index in [0.29, 0.717) is 72.9 Å². The number of ketones is 5. The highest BCUT2D eigenvalue weighted by molar-refractivity contribution is 5.92. The van der Waals surface area contributed by atoms with E-state index >= 15 is 0 Å². The minimum Gasteiger partial charge on any atom is -0.393 e. The Morgan fingerprint density at radius 1 is 0.468 bits per heavy atom. The Hall–Kier alpha value is -2.01. The summed E-state index contributed by atoms with van der Waals surface area (Å²) in [6, 6.07) is 0. The van der Waals surface area contributed by atoms with Crippen LogP contribution in [0.1, 0.15) is 202 Å². The van der Waals surface area contributed by atoms with Gasteiger partial charge in [0.15, 0.2) is 17.3 Å². The topological polar surface area (TPSA) is 267 Å². The van der Waals surface area contributed by atoms with Gasteiger partial charge in [0.25, 0.3) is 0 Å². The summed E-state index contributed by atoms with van der Waals surface area (Å²) >= 11 is 0. The van der Waals surface area contributed by atoms with Crippen molar-refractivity contribution in [3.05, 3.63) is 0 Å². The third kappa shape index (κ3) is 8.37. The molecule has 9 N–H and O–H groups in total. The molecule has 0 amide bonds. The number of fused-ring (bicyclic) bond motifs is 15. The maximum atomic E-state index is 13.4. The molecule has 434 valence electrons. The number of hydrogen-bond donors (Lipinski definition) is 9. The number of rotatable bonds is 6. The molecule has 12 aliphatic rings. The van der Waals surface area contributed by atoms with Crippen LogP contribution in [-0.4, -0.2) is 130 Å². The fraction of sp³-hybridized carbons (Fsp3) is 0.921. The van der Waals surface area contributed by atoms with Gasteiger partial charge in [0.1, 0.15) is 48.2 Å². The van der Waals surface area contributed by atoms with Crippen LogP contribution in [-0.2, 0) is 24.0 Å². The monoisotopic (exact) mass is 1080 g/mol. The Balaban J connectivity index is 0.000000131. The van der Waals surface area contributed by atoms with Gasteiger partial charge in [-0.1, -0.05) is 41.5 Å². The first-order valence-electron chi connectivity index (χ1n) is 30.8. The van der Waals surface area contributed by atoms with Crippen LogP contribution in [0.5, 0.6) is 0 Å². The van der Waals surface area contributed by atoms with E-state index in [-0.39, 0.29) is 76.0 Å². The summed E-state index contributed by atoms with van der Waals surface area (Å²) in [7, 11) is 0. The average Bonchev–Trinajstić information content (AvgIpc) is 4.17. The maximum absolute atomic E-state index is 13.4. The summed E-state index contributed by atoms with van der Waals surface area (Å²) in [4.78, 5) is 62.4. The first kappa shape index (κ1) is 58.2. The molecule has 0 aromatic carbocycles. The molecule has 0 aromatic heterocycles. The zero-order valence-electron chi connectivity index (χ0n) is 47.5. The van der Waals surface area contributed by atoms with Crippen LogP contribution in [0.4, 0.5) is 0 Å². The Labute approximate surface area is 457 Å². The summed E-state index contributed by atoms with van der Waals surface area (Å²) in [6.07, 6.45) is 19.0. The van der Waals surface area contributed by atoms with Gasteiger partial charge in [0.2, 0.25) is 0 Å². The predicted molar refractivity (Wildman–Crippen MR) is 285 cm³/mol. The Kier molecular flexibility index (Phi) is 15.2. The average molecular weight is 1080 g/mol. The van der Waals surface area contributed by atoms with Crippen molar-refractivity contribution in [3.8, 4) is 0 Å². The lowest BCUT2D eigenvalue weighted by atomic mass is 9.43. The number of hydrogen-bond acceptors (Lipinski definition) is 14. The fourth-order valence-electron chi connectivity index (χ4n) is 23.2. The van der Waals surface area contributed by atoms with E-state index in [9.17, 15) is 69.9 Å². The van der Waals surface area contributed by atoms with Crippen LogP contribution in [0.25, 0.3) is 0 Å². The molecule has 12 aliphatic carbocycles. The van der Waals surface area contributed by atoms with Crippen molar-refractivity contribution < 1.29 is 69.9 Å². The highest BCUT2D eigenvalue weighted by Crippen LogP contribution is 2.71. The largest absolute Gasteiger partial charge is 0.393 e. The van der Waals surface area contributed by atoms with Crippen molar-refractivity contribution in [3.63, 3.8) is 0 Å². The van der Waals surface area contributed by atoms with Crippen LogP contribution in [0.2, 0.25) is 0 Å². The zero-order valence-corrected chi connectivity index (χ0v) is 47.5. The maximum Gasteiger partial charge on any atom is 0.190 e. The van der Waals surface area contributed by atoms with E-state index in [4.69, 9.17) is 0 Å². The van der Waals surface area contributed by atoms with Gasteiger partial charge in [0.05, 0.1) is 18.3 Å². The van der Waals surface area contributed by atoms with Crippen molar-refractivity contribution in [2.24, 2.45) is 104 Å². The zero-order chi connectivity index (χ0) is 55.8. The molecule has 0 saturated heterocycles. The van der Waals surface area contributed by atoms with Gasteiger partial charge in [-0.2, -0.15) is 0 Å². The van der Waals surface area contributed by atoms with Gasteiger partial charge in [0, 0.05) is 41.4 Å². The molecule has 12 fully saturated rings. The van der Waals surface area contributed by atoms with Gasteiger partial charge in [-0.05, 0) is 223 Å². The molecule has 24 unspecified atom stereocenters. The van der Waals surface area contributed by atoms with Gasteiger partial charge >= 0.3 is 0 Å². The summed E-state index contributed by atoms with van der Waals surface area (Å²) in [5.41, 5.74) is -6.05. The van der Waals surface area contributed by atoms with Gasteiger partial charge in [-0.3, -0.25) is 24.0 Å². The van der Waals surface area contributed by atoms with Crippen molar-refractivity contribution in [2.75, 3.05) is 19.8 Å². The predicted octanol–water partition coefficient (Wildman–Crippen LogP) is 6.41. The molecule has 14 nitrogen and oxygen atoms in total. The first-order chi connectivity index (χ1) is 36.1. The van der Waals surface area contributed by atoms with Crippen LogP contribution in [0.3, 0.4) is 0 Å². The minimum absolute atomic E-state index is 0.0154. The van der Waals surface area contributed by atoms with Gasteiger partial charge in [-0.25, -0.2) is 0 Å². The molecule has 0 bridgehead atoms. The van der Waals surface area contributed by atoms with E-state index in [1.54, 1.807) is 0 Å². The molecule has 0 aliphatic heterocycles. The number of aliphatic hydroxyl groups is 9. The van der Waals surface area contributed by atoms with Gasteiger partial charge < -0.3 is 46.0 Å². The third-order valence-electron chi connectivity index (χ3n) is 27.6. The quantitative estimate of drug-likeness (QED) is 0.139. The second-order valence-electron chi connectivity index (χ2n) is 30.0. The second-order valence-corrected chi connectivity index (χ2v) is 30.0. The van der Waals surface area contributed by atoms with Crippen molar-refractivity contribution in [1.29, 1.82) is 0 Å². The van der Waals surface area contributed by atoms with E-state index in [2.05, 4.69) is 27.7 Å². The normalized spacial score (nSPS) is 54.1. The highest BCUT2D eigenvalue weighted by atomic mass is 16.3. The molecule has 0 radical (unpaired) electrons. The highest BCUT2D eigenvalue weighted by Gasteiger charge is 2.71. The smallest absolute Gasteiger partial charge is 0.190 e. The van der Waals surface area contributed by atoms with E-state index < -0.39 is 70.5 Å². The lowest BCUT2D eigenvalue weighted by Crippen LogP contribution is -2.63. The molecule has 14 heteroatoms. The summed E-state index contributed by atoms with van der Waals surface area (Å²) in [5.74, 6) is 3.13. The molecule has 12 saturated carbocycles. The summed E-state index contributed by atoms with van der Waals surface area (Å²) in [6.45, 7) is 11.0. The van der Waals surface area contributed by atoms with Crippen molar-refractivity contribution >= 4 is 28.9 Å². The Morgan fingerprint density at radius 3 is 1.49 bits per heavy atom. The molecule has 0 heterocycles. The SMILES string of the molecule is CC12CCC(=O)CC1CCC1C2CCC2(C)C1CCC2(O)C(=O)CO.CC12CCC(O)CC1CCC1C2C(=O)CC2(C)C1CCC2(O)C(=O)CO.CC12CCC(O)CC1CCC1C2C(O)CC2(C)C1CCC2(O)C(=O)CO. The molecule has 12 rings (SSSR count). The van der Waals surface area contributed by atoms with E-state index in [1.807, 2.05) is 13.8 Å². The summed E-state index contributed by atoms with van der Waals surface area (Å²) < 4.78 is 0. The number of carbonyl (C=O) groups is 5. The Bertz CT molecular complexity index is 2320. The number of Topliss-reactive ketones (excluding diaryl/α,β-unsaturated/α-hetero) is 5. The van der Waals surface area contributed by atoms with E-state index in [0.717, 1.165) is 128 Å². The van der Waals surface area contributed by atoms with Crippen LogP contribution in [0.15, 0.2) is 0 Å². The molecule has 24 atom stereocenters. The number of aliphatic hydroxyl groups excluding tert-OH is 6. The second kappa shape index (κ2) is 20.1. The standard InChI is InChI=1S/C21H34O5.C21H32O5.C21H32O4/c2*1-19-7-5-13(23)9-12(19)3-4-14-15-6-8-21(26,17(25)11-22)20(15,2)10-16(24)18(14)19;1-19-8-5-14(23)11-13(19)3-4-15-16(19)6-9-20(2)17(15)7-10-21(20,25)18(24)12-22/h12-16,18,22-24,26H,3-11H2,1-2H3;12-15,18,22-23,26H,3-11H2,1-2H3;13,15-17,22,25H,3-12H2,1-2H3. The fourth-order valence-corrected chi connectivity index (χ4v) is 23.2. The molecule has 0 spiro atoms. The molecule has 77 heavy (non-hydrogen) atoms. The number of carbonyl (C=O) groups excluding carboxylic acids is 5. The summed E-state index contributed by atoms with van der Waals surface area (Å²) in [5, 5.41) is 93.1. The molecular weight excluding hydrogens is 981 g/mol. The van der Waals surface area contributed by atoms with Gasteiger partial charge in [-0.15, -0.1) is 0 Å². The molecule has 0 aromatic rings. The third-order valence-corrected chi connectivity index (χ3v) is 27.6. The van der Waals surface area contributed by atoms with Crippen molar-refractivity contribution in [1.82, 2.24) is 0 Å². The van der Waals surface area contributed by atoms with Crippen LogP contribution >= 0.6 is 0 Å². The lowest BCUT2D eigenvalue weighted by molar-refractivity contribution is -0.202. The van der Waals surface area contributed by atoms with E-state index in [1.165, 1.54) is 0 Å². The first-order valence-corrected chi connectivity index (χ1v) is 30.8.